The summed E-state index contributed by atoms with van der Waals surface area (Å²) in [5.74, 6) is 0.388. The molecule has 0 amide bonds. The lowest BCUT2D eigenvalue weighted by atomic mass is 9.78. The van der Waals surface area contributed by atoms with E-state index in [0.717, 1.165) is 53.1 Å². The van der Waals surface area contributed by atoms with Crippen LogP contribution in [0.15, 0.2) is 60.8 Å². The number of rotatable bonds is 7. The molecule has 1 saturated carbocycles. The molecule has 6 heteroatoms. The average molecular weight is 470 g/mol. The minimum atomic E-state index is -0.724. The fraction of sp³-hybridized carbons (Fsp3) is 0.345. The number of nitrogens with zero attached hydrogens (tertiary/aromatic N) is 3. The van der Waals surface area contributed by atoms with E-state index < -0.39 is 11.9 Å². The standard InChI is InChI=1S/C29H31N3O3/c1-19-6-5-7-21(14-19)17-32-27-15-23(35-18-22-11-10-20(2)16-30-22)12-13-26(27)31-28(32)24-8-3-4-9-25(24)29(33)34/h5-7,10-16,24-25H,3-4,8-9,17-18H2,1-2H3,(H,33,34)/t24-,25?/m0/s1. The van der Waals surface area contributed by atoms with E-state index in [4.69, 9.17) is 9.72 Å². The third kappa shape index (κ3) is 5.06. The van der Waals surface area contributed by atoms with Gasteiger partial charge in [-0.25, -0.2) is 4.98 Å². The highest BCUT2D eigenvalue weighted by atomic mass is 16.5. The zero-order valence-corrected chi connectivity index (χ0v) is 20.3. The summed E-state index contributed by atoms with van der Waals surface area (Å²) in [5, 5.41) is 9.94. The van der Waals surface area contributed by atoms with Crippen LogP contribution in [-0.4, -0.2) is 25.6 Å². The van der Waals surface area contributed by atoms with E-state index in [0.29, 0.717) is 19.6 Å². The molecule has 1 aliphatic carbocycles. The first-order chi connectivity index (χ1) is 17.0. The Morgan fingerprint density at radius 1 is 1.06 bits per heavy atom. The zero-order valence-electron chi connectivity index (χ0n) is 20.3. The molecule has 0 aliphatic heterocycles. The van der Waals surface area contributed by atoms with E-state index in [-0.39, 0.29) is 5.92 Å². The van der Waals surface area contributed by atoms with Gasteiger partial charge in [-0.1, -0.05) is 48.7 Å². The SMILES string of the molecule is Cc1ccc(COc2ccc3nc([C@H]4CCCCC4C(=O)O)n(Cc4cccc(C)c4)c3c2)nc1. The van der Waals surface area contributed by atoms with Gasteiger partial charge < -0.3 is 14.4 Å². The third-order valence-corrected chi connectivity index (χ3v) is 6.95. The van der Waals surface area contributed by atoms with E-state index in [2.05, 4.69) is 40.7 Å². The van der Waals surface area contributed by atoms with Crippen LogP contribution in [0, 0.1) is 19.8 Å². The fourth-order valence-electron chi connectivity index (χ4n) is 5.13. The molecule has 0 bridgehead atoms. The van der Waals surface area contributed by atoms with E-state index >= 15 is 0 Å². The summed E-state index contributed by atoms with van der Waals surface area (Å²) < 4.78 is 8.28. The Balaban J connectivity index is 1.53. The van der Waals surface area contributed by atoms with Crippen LogP contribution in [0.25, 0.3) is 11.0 Å². The van der Waals surface area contributed by atoms with Crippen LogP contribution in [0.2, 0.25) is 0 Å². The number of fused-ring (bicyclic) bond motifs is 1. The molecule has 0 saturated heterocycles. The minimum Gasteiger partial charge on any atom is -0.487 e. The maximum Gasteiger partial charge on any atom is 0.307 e. The van der Waals surface area contributed by atoms with Crippen LogP contribution in [0.3, 0.4) is 0 Å². The largest absolute Gasteiger partial charge is 0.487 e. The molecule has 6 nitrogen and oxygen atoms in total. The summed E-state index contributed by atoms with van der Waals surface area (Å²) in [6.45, 7) is 5.12. The third-order valence-electron chi connectivity index (χ3n) is 6.95. The Morgan fingerprint density at radius 3 is 2.69 bits per heavy atom. The van der Waals surface area contributed by atoms with Crippen LogP contribution in [0.1, 0.15) is 59.8 Å². The smallest absolute Gasteiger partial charge is 0.307 e. The molecule has 0 radical (unpaired) electrons. The lowest BCUT2D eigenvalue weighted by Crippen LogP contribution is -2.27. The van der Waals surface area contributed by atoms with Crippen molar-refractivity contribution in [2.24, 2.45) is 5.92 Å². The molecule has 5 rings (SSSR count). The molecule has 1 N–H and O–H groups in total. The van der Waals surface area contributed by atoms with Crippen molar-refractivity contribution < 1.29 is 14.6 Å². The van der Waals surface area contributed by atoms with Crippen molar-refractivity contribution in [2.45, 2.75) is 58.6 Å². The second-order valence-corrected chi connectivity index (χ2v) is 9.65. The summed E-state index contributed by atoms with van der Waals surface area (Å²) in [4.78, 5) is 21.5. The van der Waals surface area contributed by atoms with E-state index in [1.807, 2.05) is 43.5 Å². The Morgan fingerprint density at radius 2 is 1.91 bits per heavy atom. The normalized spacial score (nSPS) is 18.0. The van der Waals surface area contributed by atoms with Gasteiger partial charge in [-0.3, -0.25) is 9.78 Å². The molecule has 0 spiro atoms. The average Bonchev–Trinajstić information content (AvgIpc) is 3.21. The van der Waals surface area contributed by atoms with Gasteiger partial charge in [0.1, 0.15) is 18.2 Å². The van der Waals surface area contributed by atoms with Crippen molar-refractivity contribution in [2.75, 3.05) is 0 Å². The Bertz CT molecular complexity index is 1340. The van der Waals surface area contributed by atoms with Gasteiger partial charge in [-0.2, -0.15) is 0 Å². The summed E-state index contributed by atoms with van der Waals surface area (Å²) in [6, 6.07) is 18.4. The van der Waals surface area contributed by atoms with Crippen molar-refractivity contribution in [3.05, 3.63) is 89.0 Å². The van der Waals surface area contributed by atoms with E-state index in [9.17, 15) is 9.90 Å². The number of hydrogen-bond donors (Lipinski definition) is 1. The van der Waals surface area contributed by atoms with Gasteiger partial charge >= 0.3 is 5.97 Å². The van der Waals surface area contributed by atoms with Gasteiger partial charge in [-0.05, 0) is 56.0 Å². The van der Waals surface area contributed by atoms with Crippen molar-refractivity contribution in [1.29, 1.82) is 0 Å². The van der Waals surface area contributed by atoms with Gasteiger partial charge in [0.15, 0.2) is 0 Å². The number of carbonyl (C=O) groups is 1. The van der Waals surface area contributed by atoms with Gasteiger partial charge in [-0.15, -0.1) is 0 Å². The number of hydrogen-bond acceptors (Lipinski definition) is 4. The number of carboxylic acids is 1. The maximum atomic E-state index is 12.1. The Kier molecular flexibility index (Phi) is 6.53. The Hall–Kier alpha value is -3.67. The predicted molar refractivity (Wildman–Crippen MR) is 136 cm³/mol. The number of ether oxygens (including phenoxy) is 1. The number of aromatic nitrogens is 3. The summed E-state index contributed by atoms with van der Waals surface area (Å²) in [6.07, 6.45) is 5.37. The van der Waals surface area contributed by atoms with Crippen molar-refractivity contribution in [1.82, 2.24) is 14.5 Å². The lowest BCUT2D eigenvalue weighted by molar-refractivity contribution is -0.143. The quantitative estimate of drug-likeness (QED) is 0.357. The molecular weight excluding hydrogens is 438 g/mol. The van der Waals surface area contributed by atoms with E-state index in [1.165, 1.54) is 11.1 Å². The molecule has 35 heavy (non-hydrogen) atoms. The fourth-order valence-corrected chi connectivity index (χ4v) is 5.13. The second kappa shape index (κ2) is 9.90. The van der Waals surface area contributed by atoms with Crippen molar-refractivity contribution >= 4 is 17.0 Å². The Labute approximate surface area is 205 Å². The molecule has 2 aromatic heterocycles. The van der Waals surface area contributed by atoms with Gasteiger partial charge in [0, 0.05) is 24.7 Å². The first-order valence-corrected chi connectivity index (χ1v) is 12.3. The lowest BCUT2D eigenvalue weighted by Gasteiger charge is -2.28. The number of benzene rings is 2. The van der Waals surface area contributed by atoms with Gasteiger partial charge in [0.2, 0.25) is 0 Å². The number of carboxylic acid groups (broad SMARTS) is 1. The summed E-state index contributed by atoms with van der Waals surface area (Å²) in [7, 11) is 0. The van der Waals surface area contributed by atoms with Crippen molar-refractivity contribution in [3.8, 4) is 5.75 Å². The maximum absolute atomic E-state index is 12.1. The van der Waals surface area contributed by atoms with Gasteiger partial charge in [0.05, 0.1) is 22.6 Å². The molecular formula is C29H31N3O3. The molecule has 2 heterocycles. The zero-order chi connectivity index (χ0) is 24.4. The summed E-state index contributed by atoms with van der Waals surface area (Å²) >= 11 is 0. The first kappa shape index (κ1) is 23.1. The number of aliphatic carboxylic acids is 1. The number of aryl methyl sites for hydroxylation is 2. The number of pyridine rings is 1. The highest BCUT2D eigenvalue weighted by Gasteiger charge is 2.35. The van der Waals surface area contributed by atoms with Crippen LogP contribution in [0.4, 0.5) is 0 Å². The van der Waals surface area contributed by atoms with Crippen LogP contribution >= 0.6 is 0 Å². The highest BCUT2D eigenvalue weighted by Crippen LogP contribution is 2.39. The second-order valence-electron chi connectivity index (χ2n) is 9.65. The number of imidazole rings is 1. The molecule has 1 unspecified atom stereocenters. The van der Waals surface area contributed by atoms with Crippen LogP contribution in [-0.2, 0) is 17.9 Å². The monoisotopic (exact) mass is 469 g/mol. The topological polar surface area (TPSA) is 77.2 Å². The van der Waals surface area contributed by atoms with Crippen LogP contribution < -0.4 is 4.74 Å². The molecule has 1 fully saturated rings. The van der Waals surface area contributed by atoms with E-state index in [1.54, 1.807) is 0 Å². The van der Waals surface area contributed by atoms with Crippen molar-refractivity contribution in [3.63, 3.8) is 0 Å². The highest BCUT2D eigenvalue weighted by molar-refractivity contribution is 5.79. The molecule has 4 aromatic rings. The predicted octanol–water partition coefficient (Wildman–Crippen LogP) is 6.03. The van der Waals surface area contributed by atoms with Crippen LogP contribution in [0.5, 0.6) is 5.75 Å². The molecule has 2 atom stereocenters. The molecule has 1 aliphatic rings. The first-order valence-electron chi connectivity index (χ1n) is 12.3. The molecule has 180 valence electrons. The summed E-state index contributed by atoms with van der Waals surface area (Å²) in [5.41, 5.74) is 6.18. The molecule has 2 aromatic carbocycles. The van der Waals surface area contributed by atoms with Gasteiger partial charge in [0.25, 0.3) is 0 Å². The minimum absolute atomic E-state index is 0.0976.